The largest absolute Gasteiger partial charge is 0.263 e. The summed E-state index contributed by atoms with van der Waals surface area (Å²) in [6.45, 7) is 5.79. The minimum Gasteiger partial charge on any atom is -0.263 e. The molecule has 2 heterocycles. The Balaban J connectivity index is 2.06. The highest BCUT2D eigenvalue weighted by atomic mass is 19.1. The van der Waals surface area contributed by atoms with E-state index in [2.05, 4.69) is 16.5 Å². The van der Waals surface area contributed by atoms with Gasteiger partial charge in [0, 0.05) is 35.3 Å². The quantitative estimate of drug-likeness (QED) is 0.591. The Morgan fingerprint density at radius 1 is 1.08 bits per heavy atom. The SMILES string of the molecule is C=C/C(=C\C)c1cncc(-c2ccnc(-c3ccccc3F)c2)c1. The minimum absolute atomic E-state index is 0.281. The first-order valence-corrected chi connectivity index (χ1v) is 7.68. The third-order valence-corrected chi connectivity index (χ3v) is 3.85. The van der Waals surface area contributed by atoms with Gasteiger partial charge in [-0.15, -0.1) is 0 Å². The van der Waals surface area contributed by atoms with Crippen LogP contribution in [0.1, 0.15) is 12.5 Å². The number of rotatable bonds is 4. The lowest BCUT2D eigenvalue weighted by molar-refractivity contribution is 0.631. The topological polar surface area (TPSA) is 25.8 Å². The average Bonchev–Trinajstić information content (AvgIpc) is 2.64. The molecule has 0 amide bonds. The zero-order valence-corrected chi connectivity index (χ0v) is 13.4. The molecule has 2 aromatic heterocycles. The van der Waals surface area contributed by atoms with Crippen LogP contribution < -0.4 is 0 Å². The first kappa shape index (κ1) is 15.8. The normalized spacial score (nSPS) is 11.3. The molecule has 0 radical (unpaired) electrons. The van der Waals surface area contributed by atoms with Crippen LogP contribution in [0.25, 0.3) is 28.0 Å². The molecule has 0 aliphatic rings. The molecule has 118 valence electrons. The number of hydrogen-bond donors (Lipinski definition) is 0. The van der Waals surface area contributed by atoms with Crippen molar-refractivity contribution in [3.63, 3.8) is 0 Å². The van der Waals surface area contributed by atoms with Crippen LogP contribution in [0.4, 0.5) is 4.39 Å². The molecule has 3 rings (SSSR count). The summed E-state index contributed by atoms with van der Waals surface area (Å²) < 4.78 is 14.0. The number of hydrogen-bond acceptors (Lipinski definition) is 2. The molecular formula is C21H17FN2. The van der Waals surface area contributed by atoms with E-state index in [0.29, 0.717) is 11.3 Å². The van der Waals surface area contributed by atoms with Gasteiger partial charge in [-0.1, -0.05) is 30.9 Å². The fourth-order valence-corrected chi connectivity index (χ4v) is 2.58. The summed E-state index contributed by atoms with van der Waals surface area (Å²) in [4.78, 5) is 8.61. The van der Waals surface area contributed by atoms with E-state index in [0.717, 1.165) is 22.3 Å². The molecule has 0 unspecified atom stereocenters. The predicted molar refractivity (Wildman–Crippen MR) is 96.7 cm³/mol. The van der Waals surface area contributed by atoms with Gasteiger partial charge in [0.15, 0.2) is 0 Å². The first-order chi connectivity index (χ1) is 11.7. The summed E-state index contributed by atoms with van der Waals surface area (Å²) in [6.07, 6.45) is 9.08. The minimum atomic E-state index is -0.281. The lowest BCUT2D eigenvalue weighted by Crippen LogP contribution is -1.90. The molecule has 0 spiro atoms. The Bertz CT molecular complexity index is 913. The zero-order valence-electron chi connectivity index (χ0n) is 13.4. The van der Waals surface area contributed by atoms with Crippen molar-refractivity contribution in [3.05, 3.63) is 91.2 Å². The number of pyridine rings is 2. The molecule has 3 aromatic rings. The molecule has 0 saturated carbocycles. The van der Waals surface area contributed by atoms with Gasteiger partial charge in [-0.25, -0.2) is 4.39 Å². The van der Waals surface area contributed by atoms with Crippen LogP contribution in [-0.4, -0.2) is 9.97 Å². The van der Waals surface area contributed by atoms with Gasteiger partial charge in [0.05, 0.1) is 5.69 Å². The van der Waals surface area contributed by atoms with E-state index in [4.69, 9.17) is 0 Å². The third kappa shape index (κ3) is 3.15. The Labute approximate surface area is 141 Å². The molecule has 24 heavy (non-hydrogen) atoms. The number of halogens is 1. The molecule has 3 heteroatoms. The smallest absolute Gasteiger partial charge is 0.132 e. The molecule has 0 atom stereocenters. The molecule has 0 bridgehead atoms. The van der Waals surface area contributed by atoms with E-state index in [-0.39, 0.29) is 5.82 Å². The second-order valence-electron chi connectivity index (χ2n) is 5.32. The molecule has 0 saturated heterocycles. The van der Waals surface area contributed by atoms with Gasteiger partial charge in [0.1, 0.15) is 5.82 Å². The summed E-state index contributed by atoms with van der Waals surface area (Å²) in [5, 5.41) is 0. The summed E-state index contributed by atoms with van der Waals surface area (Å²) in [5.41, 5.74) is 5.00. The van der Waals surface area contributed by atoms with Gasteiger partial charge >= 0.3 is 0 Å². The van der Waals surface area contributed by atoms with Gasteiger partial charge in [-0.05, 0) is 48.4 Å². The van der Waals surface area contributed by atoms with Crippen molar-refractivity contribution < 1.29 is 4.39 Å². The maximum Gasteiger partial charge on any atom is 0.132 e. The highest BCUT2D eigenvalue weighted by molar-refractivity contribution is 5.77. The number of aromatic nitrogens is 2. The van der Waals surface area contributed by atoms with Crippen LogP contribution >= 0.6 is 0 Å². The van der Waals surface area contributed by atoms with Crippen molar-refractivity contribution >= 4 is 5.57 Å². The van der Waals surface area contributed by atoms with E-state index >= 15 is 0 Å². The van der Waals surface area contributed by atoms with Crippen molar-refractivity contribution in [2.75, 3.05) is 0 Å². The van der Waals surface area contributed by atoms with E-state index in [1.807, 2.05) is 31.2 Å². The Kier molecular flexibility index (Phi) is 4.62. The van der Waals surface area contributed by atoms with Crippen molar-refractivity contribution in [1.29, 1.82) is 0 Å². The summed E-state index contributed by atoms with van der Waals surface area (Å²) in [6, 6.07) is 12.5. The second-order valence-corrected chi connectivity index (χ2v) is 5.32. The van der Waals surface area contributed by atoms with Crippen LogP contribution in [0.15, 0.2) is 79.8 Å². The summed E-state index contributed by atoms with van der Waals surface area (Å²) in [5.74, 6) is -0.281. The van der Waals surface area contributed by atoms with Crippen LogP contribution in [-0.2, 0) is 0 Å². The van der Waals surface area contributed by atoms with E-state index in [1.54, 1.807) is 42.9 Å². The highest BCUT2D eigenvalue weighted by Gasteiger charge is 2.08. The lowest BCUT2D eigenvalue weighted by Gasteiger charge is -2.08. The molecule has 0 N–H and O–H groups in total. The summed E-state index contributed by atoms with van der Waals surface area (Å²) in [7, 11) is 0. The predicted octanol–water partition coefficient (Wildman–Crippen LogP) is 5.54. The van der Waals surface area contributed by atoms with E-state index in [1.165, 1.54) is 6.07 Å². The van der Waals surface area contributed by atoms with Gasteiger partial charge in [0.25, 0.3) is 0 Å². The molecule has 0 fully saturated rings. The van der Waals surface area contributed by atoms with Gasteiger partial charge < -0.3 is 0 Å². The van der Waals surface area contributed by atoms with Crippen molar-refractivity contribution in [1.82, 2.24) is 9.97 Å². The van der Waals surface area contributed by atoms with E-state index in [9.17, 15) is 4.39 Å². The fourth-order valence-electron chi connectivity index (χ4n) is 2.58. The molecule has 0 aliphatic carbocycles. The summed E-state index contributed by atoms with van der Waals surface area (Å²) >= 11 is 0. The Morgan fingerprint density at radius 3 is 2.67 bits per heavy atom. The van der Waals surface area contributed by atoms with Gasteiger partial charge in [-0.2, -0.15) is 0 Å². The number of allylic oxidation sites excluding steroid dienone is 3. The standard InChI is InChI=1S/C21H17FN2/c1-3-15(4-2)17-11-18(14-23-13-17)16-9-10-24-21(12-16)19-7-5-6-8-20(19)22/h3-14H,1H2,2H3/b15-4+. The third-order valence-electron chi connectivity index (χ3n) is 3.85. The lowest BCUT2D eigenvalue weighted by atomic mass is 10.0. The second kappa shape index (κ2) is 7.01. The molecule has 2 nitrogen and oxygen atoms in total. The van der Waals surface area contributed by atoms with Gasteiger partial charge in [-0.3, -0.25) is 9.97 Å². The van der Waals surface area contributed by atoms with Crippen molar-refractivity contribution in [2.24, 2.45) is 0 Å². The van der Waals surface area contributed by atoms with Crippen molar-refractivity contribution in [2.45, 2.75) is 6.92 Å². The maximum atomic E-state index is 14.0. The van der Waals surface area contributed by atoms with Crippen LogP contribution in [0.2, 0.25) is 0 Å². The Hall–Kier alpha value is -3.07. The number of nitrogens with zero attached hydrogens (tertiary/aromatic N) is 2. The van der Waals surface area contributed by atoms with Crippen LogP contribution in [0, 0.1) is 5.82 Å². The highest BCUT2D eigenvalue weighted by Crippen LogP contribution is 2.27. The fraction of sp³-hybridized carbons (Fsp3) is 0.0476. The molecule has 0 aliphatic heterocycles. The molecular weight excluding hydrogens is 299 g/mol. The van der Waals surface area contributed by atoms with Crippen LogP contribution in [0.5, 0.6) is 0 Å². The van der Waals surface area contributed by atoms with Crippen LogP contribution in [0.3, 0.4) is 0 Å². The van der Waals surface area contributed by atoms with Gasteiger partial charge in [0.2, 0.25) is 0 Å². The average molecular weight is 316 g/mol. The first-order valence-electron chi connectivity index (χ1n) is 7.68. The maximum absolute atomic E-state index is 14.0. The van der Waals surface area contributed by atoms with Crippen molar-refractivity contribution in [3.8, 4) is 22.4 Å². The monoisotopic (exact) mass is 316 g/mol. The number of benzene rings is 1. The zero-order chi connectivity index (χ0) is 16.9. The molecule has 1 aromatic carbocycles. The Morgan fingerprint density at radius 2 is 1.92 bits per heavy atom. The van der Waals surface area contributed by atoms with E-state index < -0.39 is 0 Å².